The molecule has 0 N–H and O–H groups in total. The lowest BCUT2D eigenvalue weighted by molar-refractivity contribution is -0.0234. The van der Waals surface area contributed by atoms with Gasteiger partial charge in [-0.15, -0.1) is 0 Å². The van der Waals surface area contributed by atoms with Crippen LogP contribution in [0.5, 0.6) is 0 Å². The van der Waals surface area contributed by atoms with Gasteiger partial charge < -0.3 is 9.47 Å². The molecule has 1 unspecified atom stereocenters. The van der Waals surface area contributed by atoms with Gasteiger partial charge in [0.25, 0.3) is 0 Å². The van der Waals surface area contributed by atoms with Crippen LogP contribution < -0.4 is 0 Å². The van der Waals surface area contributed by atoms with Crippen molar-refractivity contribution in [2.45, 2.75) is 155 Å². The van der Waals surface area contributed by atoms with E-state index < -0.39 is 0 Å². The Morgan fingerprint density at radius 3 is 1.38 bits per heavy atom. The monoisotopic (exact) mass is 412 g/mol. The highest BCUT2D eigenvalue weighted by Crippen LogP contribution is 2.12. The second kappa shape index (κ2) is 26.0. The van der Waals surface area contributed by atoms with Gasteiger partial charge in [0, 0.05) is 13.2 Å². The fourth-order valence-electron chi connectivity index (χ4n) is 3.88. The number of ether oxygens (including phenoxy) is 2. The van der Waals surface area contributed by atoms with Crippen molar-refractivity contribution in [1.82, 2.24) is 0 Å². The molecule has 0 saturated heterocycles. The summed E-state index contributed by atoms with van der Waals surface area (Å²) in [6.45, 7) is 9.49. The fraction of sp³-hybridized carbons (Fsp3) is 1.00. The molecule has 0 fully saturated rings. The van der Waals surface area contributed by atoms with E-state index in [1.807, 2.05) is 0 Å². The molecule has 176 valence electrons. The van der Waals surface area contributed by atoms with Crippen molar-refractivity contribution in [3.63, 3.8) is 0 Å². The van der Waals surface area contributed by atoms with Gasteiger partial charge in [-0.25, -0.2) is 0 Å². The van der Waals surface area contributed by atoms with E-state index in [2.05, 4.69) is 20.8 Å². The van der Waals surface area contributed by atoms with E-state index in [9.17, 15) is 0 Å². The van der Waals surface area contributed by atoms with Gasteiger partial charge in [-0.1, -0.05) is 130 Å². The number of rotatable bonds is 25. The summed E-state index contributed by atoms with van der Waals surface area (Å²) >= 11 is 0. The largest absolute Gasteiger partial charge is 0.379 e. The van der Waals surface area contributed by atoms with E-state index in [1.165, 1.54) is 128 Å². The van der Waals surface area contributed by atoms with Gasteiger partial charge in [0.2, 0.25) is 0 Å². The Hall–Kier alpha value is -0.0800. The first-order valence-corrected chi connectivity index (χ1v) is 13.5. The molecule has 0 aromatic heterocycles. The summed E-state index contributed by atoms with van der Waals surface area (Å²) in [7, 11) is 0. The third-order valence-electron chi connectivity index (χ3n) is 5.93. The molecule has 2 heteroatoms. The van der Waals surface area contributed by atoms with Crippen molar-refractivity contribution >= 4 is 0 Å². The quantitative estimate of drug-likeness (QED) is 0.139. The fourth-order valence-corrected chi connectivity index (χ4v) is 3.88. The van der Waals surface area contributed by atoms with Gasteiger partial charge in [-0.05, 0) is 19.3 Å². The Labute approximate surface area is 184 Å². The van der Waals surface area contributed by atoms with Crippen LogP contribution in [0.15, 0.2) is 0 Å². The third kappa shape index (κ3) is 24.1. The predicted molar refractivity (Wildman–Crippen MR) is 130 cm³/mol. The zero-order valence-electron chi connectivity index (χ0n) is 20.7. The summed E-state index contributed by atoms with van der Waals surface area (Å²) in [5.41, 5.74) is 0. The second-order valence-corrected chi connectivity index (χ2v) is 9.01. The van der Waals surface area contributed by atoms with Crippen molar-refractivity contribution in [3.8, 4) is 0 Å². The van der Waals surface area contributed by atoms with Gasteiger partial charge in [-0.3, -0.25) is 0 Å². The minimum atomic E-state index is 0.320. The molecule has 0 aromatic carbocycles. The van der Waals surface area contributed by atoms with Gasteiger partial charge in [0.1, 0.15) is 0 Å². The first-order valence-electron chi connectivity index (χ1n) is 13.5. The molecule has 0 heterocycles. The van der Waals surface area contributed by atoms with Crippen molar-refractivity contribution in [2.75, 3.05) is 19.8 Å². The van der Waals surface area contributed by atoms with Crippen LogP contribution >= 0.6 is 0 Å². The van der Waals surface area contributed by atoms with Crippen molar-refractivity contribution in [3.05, 3.63) is 0 Å². The maximum atomic E-state index is 6.19. The van der Waals surface area contributed by atoms with Crippen LogP contribution in [0.1, 0.15) is 149 Å². The molecule has 0 aliphatic rings. The molecule has 0 aliphatic heterocycles. The van der Waals surface area contributed by atoms with E-state index in [4.69, 9.17) is 9.47 Å². The van der Waals surface area contributed by atoms with Crippen molar-refractivity contribution in [1.29, 1.82) is 0 Å². The SMILES string of the molecule is CCCCCCCCCCOCC(CCCCC)OCCCCCCCCCC. The van der Waals surface area contributed by atoms with Crippen LogP contribution in [0, 0.1) is 0 Å². The second-order valence-electron chi connectivity index (χ2n) is 9.01. The van der Waals surface area contributed by atoms with Gasteiger partial charge >= 0.3 is 0 Å². The number of unbranched alkanes of at least 4 members (excludes halogenated alkanes) is 16. The molecular weight excluding hydrogens is 356 g/mol. The van der Waals surface area contributed by atoms with Gasteiger partial charge in [0.05, 0.1) is 12.7 Å². The molecule has 0 aliphatic carbocycles. The molecule has 0 aromatic rings. The van der Waals surface area contributed by atoms with Crippen molar-refractivity contribution < 1.29 is 9.47 Å². The van der Waals surface area contributed by atoms with Crippen molar-refractivity contribution in [2.24, 2.45) is 0 Å². The number of hydrogen-bond donors (Lipinski definition) is 0. The molecule has 0 amide bonds. The highest BCUT2D eigenvalue weighted by Gasteiger charge is 2.09. The van der Waals surface area contributed by atoms with Crippen LogP contribution in [-0.2, 0) is 9.47 Å². The average Bonchev–Trinajstić information content (AvgIpc) is 2.73. The average molecular weight is 413 g/mol. The summed E-state index contributed by atoms with van der Waals surface area (Å²) in [5.74, 6) is 0. The van der Waals surface area contributed by atoms with Gasteiger partial charge in [-0.2, -0.15) is 0 Å². The molecule has 0 bridgehead atoms. The summed E-state index contributed by atoms with van der Waals surface area (Å²) in [5, 5.41) is 0. The molecule has 2 nitrogen and oxygen atoms in total. The lowest BCUT2D eigenvalue weighted by Gasteiger charge is -2.18. The van der Waals surface area contributed by atoms with Crippen LogP contribution in [-0.4, -0.2) is 25.9 Å². The van der Waals surface area contributed by atoms with Gasteiger partial charge in [0.15, 0.2) is 0 Å². The summed E-state index contributed by atoms with van der Waals surface area (Å²) in [6.07, 6.45) is 27.2. The lowest BCUT2D eigenvalue weighted by atomic mass is 10.1. The maximum absolute atomic E-state index is 6.19. The van der Waals surface area contributed by atoms with Crippen LogP contribution in [0.3, 0.4) is 0 Å². The summed E-state index contributed by atoms with van der Waals surface area (Å²) < 4.78 is 12.2. The van der Waals surface area contributed by atoms with Crippen LogP contribution in [0.4, 0.5) is 0 Å². The molecule has 29 heavy (non-hydrogen) atoms. The Balaban J connectivity index is 3.61. The Morgan fingerprint density at radius 2 is 0.862 bits per heavy atom. The smallest absolute Gasteiger partial charge is 0.0808 e. The third-order valence-corrected chi connectivity index (χ3v) is 5.93. The minimum Gasteiger partial charge on any atom is -0.379 e. The highest BCUT2D eigenvalue weighted by atomic mass is 16.5. The minimum absolute atomic E-state index is 0.320. The molecular formula is C27H56O2. The Kier molecular flexibility index (Phi) is 25.9. The first kappa shape index (κ1) is 28.9. The van der Waals surface area contributed by atoms with E-state index in [-0.39, 0.29) is 0 Å². The molecule has 0 saturated carbocycles. The zero-order chi connectivity index (χ0) is 21.3. The van der Waals surface area contributed by atoms with E-state index in [0.29, 0.717) is 6.10 Å². The predicted octanol–water partition coefficient (Wildman–Crippen LogP) is 9.25. The Bertz CT molecular complexity index is 280. The van der Waals surface area contributed by atoms with E-state index in [0.717, 1.165) is 19.8 Å². The first-order chi connectivity index (χ1) is 14.3. The number of hydrogen-bond acceptors (Lipinski definition) is 2. The molecule has 1 atom stereocenters. The maximum Gasteiger partial charge on any atom is 0.0808 e. The van der Waals surface area contributed by atoms with E-state index >= 15 is 0 Å². The molecule has 0 spiro atoms. The normalized spacial score (nSPS) is 12.5. The topological polar surface area (TPSA) is 18.5 Å². The van der Waals surface area contributed by atoms with Crippen LogP contribution in [0.25, 0.3) is 0 Å². The molecule has 0 radical (unpaired) electrons. The summed E-state index contributed by atoms with van der Waals surface area (Å²) in [6, 6.07) is 0. The zero-order valence-corrected chi connectivity index (χ0v) is 20.7. The standard InChI is InChI=1S/C27H56O2/c1-4-7-10-12-14-16-18-21-24-28-26-27(23-20-9-6-3)29-25-22-19-17-15-13-11-8-5-2/h27H,4-26H2,1-3H3. The summed E-state index contributed by atoms with van der Waals surface area (Å²) in [4.78, 5) is 0. The highest BCUT2D eigenvalue weighted by molar-refractivity contribution is 4.58. The van der Waals surface area contributed by atoms with E-state index in [1.54, 1.807) is 0 Å². The molecule has 0 rings (SSSR count). The lowest BCUT2D eigenvalue weighted by Crippen LogP contribution is -2.21. The Morgan fingerprint density at radius 1 is 0.448 bits per heavy atom. The van der Waals surface area contributed by atoms with Crippen LogP contribution in [0.2, 0.25) is 0 Å².